The molecular weight excluding hydrogens is 368 g/mol. The average molecular weight is 385 g/mol. The predicted molar refractivity (Wildman–Crippen MR) is 88.7 cm³/mol. The van der Waals surface area contributed by atoms with Gasteiger partial charge in [0.25, 0.3) is 0 Å². The van der Waals surface area contributed by atoms with Gasteiger partial charge in [-0.2, -0.15) is 0 Å². The summed E-state index contributed by atoms with van der Waals surface area (Å²) in [4.78, 5) is 0. The largest absolute Gasteiger partial charge is 0.455 e. The Bertz CT molecular complexity index is 635. The first-order chi connectivity index (χ1) is 9.27. The fourth-order valence-corrected chi connectivity index (χ4v) is 2.28. The summed E-state index contributed by atoms with van der Waals surface area (Å²) in [5.74, 6) is 0.667. The standard InChI is InChI=1S/C16H17FINO/c1-16(2,3)10-5-4-6-11(7-10)20-15-8-12(17)13(18)9-14(15)19/h4-9H,19H2,1-3H3. The zero-order chi connectivity index (χ0) is 14.9. The van der Waals surface area contributed by atoms with Gasteiger partial charge in [0.1, 0.15) is 11.6 Å². The monoisotopic (exact) mass is 385 g/mol. The molecule has 2 N–H and O–H groups in total. The molecule has 0 unspecified atom stereocenters. The highest BCUT2D eigenvalue weighted by Crippen LogP contribution is 2.32. The first-order valence-corrected chi connectivity index (χ1v) is 7.38. The van der Waals surface area contributed by atoms with Crippen LogP contribution in [-0.4, -0.2) is 0 Å². The fourth-order valence-electron chi connectivity index (χ4n) is 1.79. The molecule has 0 aromatic heterocycles. The summed E-state index contributed by atoms with van der Waals surface area (Å²) in [7, 11) is 0. The highest BCUT2D eigenvalue weighted by atomic mass is 127. The lowest BCUT2D eigenvalue weighted by molar-refractivity contribution is 0.475. The van der Waals surface area contributed by atoms with Crippen molar-refractivity contribution >= 4 is 28.3 Å². The molecule has 0 fully saturated rings. The summed E-state index contributed by atoms with van der Waals surface area (Å²) in [6.07, 6.45) is 0. The van der Waals surface area contributed by atoms with Gasteiger partial charge in [0.15, 0.2) is 5.75 Å². The number of rotatable bonds is 2. The molecule has 0 saturated carbocycles. The van der Waals surface area contributed by atoms with Gasteiger partial charge >= 0.3 is 0 Å². The summed E-state index contributed by atoms with van der Waals surface area (Å²) in [6.45, 7) is 6.39. The SMILES string of the molecule is CC(C)(C)c1cccc(Oc2cc(F)c(I)cc2N)c1. The van der Waals surface area contributed by atoms with E-state index in [1.807, 2.05) is 46.9 Å². The minimum absolute atomic E-state index is 0.0300. The number of nitrogens with two attached hydrogens (primary N) is 1. The van der Waals surface area contributed by atoms with E-state index in [1.54, 1.807) is 6.07 Å². The van der Waals surface area contributed by atoms with Crippen LogP contribution in [0, 0.1) is 9.39 Å². The van der Waals surface area contributed by atoms with Gasteiger partial charge in [0.05, 0.1) is 9.26 Å². The Morgan fingerprint density at radius 2 is 1.85 bits per heavy atom. The van der Waals surface area contributed by atoms with E-state index in [-0.39, 0.29) is 11.2 Å². The van der Waals surface area contributed by atoms with Gasteiger partial charge in [0, 0.05) is 6.07 Å². The molecule has 0 radical (unpaired) electrons. The van der Waals surface area contributed by atoms with Gasteiger partial charge in [-0.05, 0) is 51.8 Å². The van der Waals surface area contributed by atoms with Crippen molar-refractivity contribution in [1.82, 2.24) is 0 Å². The molecular formula is C16H17FINO. The zero-order valence-corrected chi connectivity index (χ0v) is 13.9. The van der Waals surface area contributed by atoms with Crippen LogP contribution in [0.5, 0.6) is 11.5 Å². The van der Waals surface area contributed by atoms with Gasteiger partial charge in [0.2, 0.25) is 0 Å². The van der Waals surface area contributed by atoms with E-state index < -0.39 is 0 Å². The van der Waals surface area contributed by atoms with E-state index >= 15 is 0 Å². The first kappa shape index (κ1) is 15.1. The molecule has 0 spiro atoms. The van der Waals surface area contributed by atoms with Crippen molar-refractivity contribution in [2.24, 2.45) is 0 Å². The van der Waals surface area contributed by atoms with Crippen LogP contribution in [-0.2, 0) is 5.41 Å². The summed E-state index contributed by atoms with van der Waals surface area (Å²) in [5.41, 5.74) is 7.48. The molecule has 20 heavy (non-hydrogen) atoms. The third-order valence-electron chi connectivity index (χ3n) is 2.98. The summed E-state index contributed by atoms with van der Waals surface area (Å²) >= 11 is 1.90. The Hall–Kier alpha value is -1.30. The smallest absolute Gasteiger partial charge is 0.153 e. The molecule has 0 saturated heterocycles. The normalized spacial score (nSPS) is 11.4. The quantitative estimate of drug-likeness (QED) is 0.577. The van der Waals surface area contributed by atoms with Crippen molar-refractivity contribution in [1.29, 1.82) is 0 Å². The second-order valence-electron chi connectivity index (χ2n) is 5.68. The van der Waals surface area contributed by atoms with Gasteiger partial charge in [-0.3, -0.25) is 0 Å². The van der Waals surface area contributed by atoms with Crippen LogP contribution in [0.2, 0.25) is 0 Å². The number of ether oxygens (including phenoxy) is 1. The topological polar surface area (TPSA) is 35.2 Å². The van der Waals surface area contributed by atoms with E-state index in [0.717, 1.165) is 5.56 Å². The van der Waals surface area contributed by atoms with Gasteiger partial charge in [-0.25, -0.2) is 4.39 Å². The Kier molecular flexibility index (Phi) is 4.22. The van der Waals surface area contributed by atoms with E-state index in [4.69, 9.17) is 10.5 Å². The van der Waals surface area contributed by atoms with Crippen LogP contribution in [0.1, 0.15) is 26.3 Å². The lowest BCUT2D eigenvalue weighted by Gasteiger charge is -2.20. The molecule has 0 aliphatic rings. The zero-order valence-electron chi connectivity index (χ0n) is 11.7. The van der Waals surface area contributed by atoms with Crippen molar-refractivity contribution in [3.8, 4) is 11.5 Å². The summed E-state index contributed by atoms with van der Waals surface area (Å²) in [5, 5.41) is 0. The number of nitrogen functional groups attached to an aromatic ring is 1. The molecule has 4 heteroatoms. The molecule has 0 amide bonds. The number of hydrogen-bond acceptors (Lipinski definition) is 2. The minimum Gasteiger partial charge on any atom is -0.455 e. The second kappa shape index (κ2) is 5.60. The lowest BCUT2D eigenvalue weighted by Crippen LogP contribution is -2.10. The van der Waals surface area contributed by atoms with Crippen LogP contribution < -0.4 is 10.5 Å². The molecule has 2 nitrogen and oxygen atoms in total. The highest BCUT2D eigenvalue weighted by Gasteiger charge is 2.15. The fraction of sp³-hybridized carbons (Fsp3) is 0.250. The van der Waals surface area contributed by atoms with Crippen LogP contribution in [0.4, 0.5) is 10.1 Å². The Morgan fingerprint density at radius 3 is 2.50 bits per heavy atom. The van der Waals surface area contributed by atoms with Gasteiger partial charge < -0.3 is 10.5 Å². The molecule has 2 aromatic rings. The van der Waals surface area contributed by atoms with Crippen LogP contribution in [0.25, 0.3) is 0 Å². The Balaban J connectivity index is 2.33. The van der Waals surface area contributed by atoms with Gasteiger partial charge in [-0.1, -0.05) is 32.9 Å². The number of anilines is 1. The average Bonchev–Trinajstić information content (AvgIpc) is 2.35. The predicted octanol–water partition coefficient (Wildman–Crippen LogP) is 5.10. The van der Waals surface area contributed by atoms with Crippen molar-refractivity contribution in [3.63, 3.8) is 0 Å². The third kappa shape index (κ3) is 3.42. The number of benzene rings is 2. The molecule has 0 heterocycles. The maximum Gasteiger partial charge on any atom is 0.153 e. The summed E-state index contributed by atoms with van der Waals surface area (Å²) in [6, 6.07) is 10.7. The van der Waals surface area contributed by atoms with Crippen molar-refractivity contribution in [2.75, 3.05) is 5.73 Å². The van der Waals surface area contributed by atoms with Crippen LogP contribution in [0.3, 0.4) is 0 Å². The molecule has 0 bridgehead atoms. The van der Waals surface area contributed by atoms with Crippen LogP contribution in [0.15, 0.2) is 36.4 Å². The molecule has 2 aromatic carbocycles. The summed E-state index contributed by atoms with van der Waals surface area (Å²) < 4.78 is 19.8. The van der Waals surface area contributed by atoms with Crippen molar-refractivity contribution in [3.05, 3.63) is 51.3 Å². The van der Waals surface area contributed by atoms with E-state index in [9.17, 15) is 4.39 Å². The maximum absolute atomic E-state index is 13.6. The van der Waals surface area contributed by atoms with E-state index in [1.165, 1.54) is 6.07 Å². The third-order valence-corrected chi connectivity index (χ3v) is 3.81. The van der Waals surface area contributed by atoms with E-state index in [2.05, 4.69) is 20.8 Å². The van der Waals surface area contributed by atoms with Crippen LogP contribution >= 0.6 is 22.6 Å². The van der Waals surface area contributed by atoms with Gasteiger partial charge in [-0.15, -0.1) is 0 Å². The lowest BCUT2D eigenvalue weighted by atomic mass is 9.87. The molecule has 0 atom stereocenters. The molecule has 0 aliphatic heterocycles. The highest BCUT2D eigenvalue weighted by molar-refractivity contribution is 14.1. The Labute approximate surface area is 132 Å². The Morgan fingerprint density at radius 1 is 1.15 bits per heavy atom. The number of halogens is 2. The first-order valence-electron chi connectivity index (χ1n) is 6.30. The second-order valence-corrected chi connectivity index (χ2v) is 6.85. The molecule has 106 valence electrons. The molecule has 0 aliphatic carbocycles. The number of hydrogen-bond donors (Lipinski definition) is 1. The maximum atomic E-state index is 13.6. The van der Waals surface area contributed by atoms with E-state index in [0.29, 0.717) is 20.8 Å². The van der Waals surface area contributed by atoms with Crippen molar-refractivity contribution < 1.29 is 9.13 Å². The molecule has 2 rings (SSSR count). The minimum atomic E-state index is -0.332. The van der Waals surface area contributed by atoms with Crippen molar-refractivity contribution in [2.45, 2.75) is 26.2 Å².